The largest absolute Gasteiger partial charge is 0.343 e. The number of carbonyl (C=O) groups is 4. The second-order valence-corrected chi connectivity index (χ2v) is 7.35. The fourth-order valence-electron chi connectivity index (χ4n) is 2.89. The third-order valence-electron chi connectivity index (χ3n) is 4.41. The fraction of sp³-hybridized carbons (Fsp3) is 0.200. The van der Waals surface area contributed by atoms with Crippen molar-refractivity contribution < 1.29 is 19.2 Å². The zero-order valence-corrected chi connectivity index (χ0v) is 17.2. The van der Waals surface area contributed by atoms with Gasteiger partial charge in [0.05, 0.1) is 17.1 Å². The molecule has 1 saturated heterocycles. The zero-order chi connectivity index (χ0) is 21.7. The number of hydrazine groups is 1. The average Bonchev–Trinajstić information content (AvgIpc) is 3.18. The van der Waals surface area contributed by atoms with Crippen molar-refractivity contribution in [2.24, 2.45) is 0 Å². The minimum absolute atomic E-state index is 0.0602. The summed E-state index contributed by atoms with van der Waals surface area (Å²) in [5.74, 6) is -1.68. The van der Waals surface area contributed by atoms with Crippen LogP contribution in [0.2, 0.25) is 10.0 Å². The molecule has 30 heavy (non-hydrogen) atoms. The van der Waals surface area contributed by atoms with E-state index in [2.05, 4.69) is 16.2 Å². The highest BCUT2D eigenvalue weighted by Gasteiger charge is 2.21. The Morgan fingerprint density at radius 2 is 1.70 bits per heavy atom. The zero-order valence-electron chi connectivity index (χ0n) is 15.7. The van der Waals surface area contributed by atoms with Crippen LogP contribution in [0.15, 0.2) is 42.5 Å². The van der Waals surface area contributed by atoms with Crippen LogP contribution in [0.5, 0.6) is 0 Å². The summed E-state index contributed by atoms with van der Waals surface area (Å²) in [6.07, 6.45) is 1.34. The van der Waals surface area contributed by atoms with Gasteiger partial charge in [-0.25, -0.2) is 0 Å². The highest BCUT2D eigenvalue weighted by Crippen LogP contribution is 2.22. The minimum Gasteiger partial charge on any atom is -0.343 e. The standard InChI is InChI=1S/C20H18Cl2N4O4/c21-13-5-8-16(22)15(10-13)20(30)25-24-17(27)11-23-19(29)12-3-6-14(7-4-12)26-9-1-2-18(26)28/h3-8,10H,1-2,9,11H2,(H,23,29)(H,24,27)(H,25,30). The Hall–Kier alpha value is -3.10. The number of nitrogens with zero attached hydrogens (tertiary/aromatic N) is 1. The van der Waals surface area contributed by atoms with E-state index in [4.69, 9.17) is 23.2 Å². The molecule has 1 aliphatic rings. The summed E-state index contributed by atoms with van der Waals surface area (Å²) in [6, 6.07) is 10.9. The van der Waals surface area contributed by atoms with Gasteiger partial charge in [-0.1, -0.05) is 23.2 Å². The molecule has 0 aliphatic carbocycles. The molecule has 1 heterocycles. The Morgan fingerprint density at radius 1 is 0.967 bits per heavy atom. The van der Waals surface area contributed by atoms with Crippen molar-refractivity contribution in [1.29, 1.82) is 0 Å². The first-order chi connectivity index (χ1) is 14.3. The predicted octanol–water partition coefficient (Wildman–Crippen LogP) is 2.31. The van der Waals surface area contributed by atoms with Gasteiger partial charge in [-0.2, -0.15) is 0 Å². The number of benzene rings is 2. The molecule has 0 saturated carbocycles. The molecule has 3 rings (SSSR count). The summed E-state index contributed by atoms with van der Waals surface area (Å²) in [5, 5.41) is 2.95. The highest BCUT2D eigenvalue weighted by atomic mass is 35.5. The van der Waals surface area contributed by atoms with E-state index in [-0.39, 0.29) is 23.0 Å². The molecule has 2 aromatic carbocycles. The van der Waals surface area contributed by atoms with Gasteiger partial charge in [0.25, 0.3) is 17.7 Å². The molecule has 0 unspecified atom stereocenters. The van der Waals surface area contributed by atoms with E-state index >= 15 is 0 Å². The van der Waals surface area contributed by atoms with Crippen molar-refractivity contribution >= 4 is 52.5 Å². The first-order valence-electron chi connectivity index (χ1n) is 9.08. The van der Waals surface area contributed by atoms with Crippen molar-refractivity contribution in [3.8, 4) is 0 Å². The topological polar surface area (TPSA) is 108 Å². The number of halogens is 2. The highest BCUT2D eigenvalue weighted by molar-refractivity contribution is 6.35. The molecule has 0 bridgehead atoms. The number of hydrogen-bond acceptors (Lipinski definition) is 4. The van der Waals surface area contributed by atoms with E-state index < -0.39 is 17.7 Å². The Balaban J connectivity index is 1.47. The maximum atomic E-state index is 12.2. The third-order valence-corrected chi connectivity index (χ3v) is 4.98. The van der Waals surface area contributed by atoms with E-state index in [1.165, 1.54) is 18.2 Å². The molecule has 0 radical (unpaired) electrons. The van der Waals surface area contributed by atoms with Gasteiger partial charge in [-0.15, -0.1) is 0 Å². The van der Waals surface area contributed by atoms with Crippen LogP contribution < -0.4 is 21.1 Å². The van der Waals surface area contributed by atoms with Crippen LogP contribution in [-0.4, -0.2) is 36.7 Å². The lowest BCUT2D eigenvalue weighted by Gasteiger charge is -2.15. The quantitative estimate of drug-likeness (QED) is 0.609. The molecule has 3 N–H and O–H groups in total. The van der Waals surface area contributed by atoms with Gasteiger partial charge < -0.3 is 10.2 Å². The second-order valence-electron chi connectivity index (χ2n) is 6.50. The molecule has 10 heteroatoms. The number of carbonyl (C=O) groups excluding carboxylic acids is 4. The lowest BCUT2D eigenvalue weighted by atomic mass is 10.2. The molecular formula is C20H18Cl2N4O4. The number of amides is 4. The van der Waals surface area contributed by atoms with E-state index in [0.29, 0.717) is 23.6 Å². The van der Waals surface area contributed by atoms with Gasteiger partial charge in [0, 0.05) is 29.2 Å². The van der Waals surface area contributed by atoms with Gasteiger partial charge in [0.15, 0.2) is 0 Å². The number of rotatable bonds is 5. The van der Waals surface area contributed by atoms with Crippen molar-refractivity contribution in [3.63, 3.8) is 0 Å². The fourth-order valence-corrected chi connectivity index (χ4v) is 3.26. The first kappa shape index (κ1) is 21.6. The van der Waals surface area contributed by atoms with E-state index in [1.807, 2.05) is 0 Å². The number of hydrogen-bond donors (Lipinski definition) is 3. The van der Waals surface area contributed by atoms with Crippen LogP contribution in [-0.2, 0) is 9.59 Å². The lowest BCUT2D eigenvalue weighted by Crippen LogP contribution is -2.46. The lowest BCUT2D eigenvalue weighted by molar-refractivity contribution is -0.121. The summed E-state index contributed by atoms with van der Waals surface area (Å²) >= 11 is 11.8. The summed E-state index contributed by atoms with van der Waals surface area (Å²) in [7, 11) is 0. The third kappa shape index (κ3) is 5.28. The number of anilines is 1. The Morgan fingerprint density at radius 3 is 2.37 bits per heavy atom. The van der Waals surface area contributed by atoms with Crippen LogP contribution in [0.1, 0.15) is 33.6 Å². The van der Waals surface area contributed by atoms with Crippen LogP contribution in [0.25, 0.3) is 0 Å². The SMILES string of the molecule is O=C(CNC(=O)c1ccc(N2CCCC2=O)cc1)NNC(=O)c1cc(Cl)ccc1Cl. The van der Waals surface area contributed by atoms with Crippen molar-refractivity contribution in [2.45, 2.75) is 12.8 Å². The molecule has 8 nitrogen and oxygen atoms in total. The van der Waals surface area contributed by atoms with Gasteiger partial charge in [-0.05, 0) is 48.9 Å². The van der Waals surface area contributed by atoms with Crippen molar-refractivity contribution in [2.75, 3.05) is 18.0 Å². The van der Waals surface area contributed by atoms with Gasteiger partial charge >= 0.3 is 0 Å². The molecule has 0 atom stereocenters. The smallest absolute Gasteiger partial charge is 0.271 e. The van der Waals surface area contributed by atoms with Crippen molar-refractivity contribution in [1.82, 2.24) is 16.2 Å². The number of nitrogens with one attached hydrogen (secondary N) is 3. The monoisotopic (exact) mass is 448 g/mol. The van der Waals surface area contributed by atoms with E-state index in [9.17, 15) is 19.2 Å². The van der Waals surface area contributed by atoms with Crippen LogP contribution in [0.4, 0.5) is 5.69 Å². The predicted molar refractivity (Wildman–Crippen MR) is 112 cm³/mol. The summed E-state index contributed by atoms with van der Waals surface area (Å²) < 4.78 is 0. The molecule has 0 aromatic heterocycles. The van der Waals surface area contributed by atoms with E-state index in [0.717, 1.165) is 12.1 Å². The maximum Gasteiger partial charge on any atom is 0.271 e. The van der Waals surface area contributed by atoms with Gasteiger partial charge in [0.2, 0.25) is 5.91 Å². The Bertz CT molecular complexity index is 995. The molecule has 1 aliphatic heterocycles. The average molecular weight is 449 g/mol. The minimum atomic E-state index is -0.644. The van der Waals surface area contributed by atoms with Gasteiger partial charge in [0.1, 0.15) is 0 Å². The molecule has 4 amide bonds. The maximum absolute atomic E-state index is 12.2. The summed E-state index contributed by atoms with van der Waals surface area (Å²) in [6.45, 7) is 0.311. The van der Waals surface area contributed by atoms with Gasteiger partial charge in [-0.3, -0.25) is 30.0 Å². The van der Waals surface area contributed by atoms with Crippen LogP contribution in [0.3, 0.4) is 0 Å². The first-order valence-corrected chi connectivity index (χ1v) is 9.83. The van der Waals surface area contributed by atoms with Crippen LogP contribution >= 0.6 is 23.2 Å². The second kappa shape index (κ2) is 9.60. The molecule has 156 valence electrons. The Labute approximate surface area is 182 Å². The van der Waals surface area contributed by atoms with E-state index in [1.54, 1.807) is 29.2 Å². The molecule has 0 spiro atoms. The Kier molecular flexibility index (Phi) is 6.91. The molecule has 2 aromatic rings. The normalized spacial score (nSPS) is 13.1. The van der Waals surface area contributed by atoms with Crippen molar-refractivity contribution in [3.05, 3.63) is 63.6 Å². The summed E-state index contributed by atoms with van der Waals surface area (Å²) in [4.78, 5) is 49.6. The summed E-state index contributed by atoms with van der Waals surface area (Å²) in [5.41, 5.74) is 5.56. The van der Waals surface area contributed by atoms with Crippen LogP contribution in [0, 0.1) is 0 Å². The molecule has 1 fully saturated rings. The molecular weight excluding hydrogens is 431 g/mol.